The zero-order chi connectivity index (χ0) is 20.6. The van der Waals surface area contributed by atoms with Crippen molar-refractivity contribution in [2.24, 2.45) is 5.41 Å². The van der Waals surface area contributed by atoms with Crippen LogP contribution in [-0.4, -0.2) is 45.8 Å². The molecule has 6 nitrogen and oxygen atoms in total. The summed E-state index contributed by atoms with van der Waals surface area (Å²) < 4.78 is 1.16. The van der Waals surface area contributed by atoms with E-state index in [9.17, 15) is 5.11 Å². The maximum Gasteiger partial charge on any atom is 0.224 e. The summed E-state index contributed by atoms with van der Waals surface area (Å²) in [5.74, 6) is 1.52. The molecule has 2 aromatic heterocycles. The van der Waals surface area contributed by atoms with Crippen LogP contribution in [0.15, 0.2) is 24.3 Å². The molecule has 0 amide bonds. The Morgan fingerprint density at radius 3 is 2.72 bits per heavy atom. The summed E-state index contributed by atoms with van der Waals surface area (Å²) in [6, 6.07) is 8.27. The van der Waals surface area contributed by atoms with Crippen LogP contribution in [-0.2, 0) is 0 Å². The van der Waals surface area contributed by atoms with Crippen molar-refractivity contribution in [3.63, 3.8) is 0 Å². The first-order chi connectivity index (χ1) is 13.9. The number of anilines is 2. The molecule has 154 valence electrons. The van der Waals surface area contributed by atoms with E-state index in [0.717, 1.165) is 58.2 Å². The van der Waals surface area contributed by atoms with E-state index < -0.39 is 0 Å². The van der Waals surface area contributed by atoms with Gasteiger partial charge in [-0.25, -0.2) is 9.97 Å². The molecule has 0 saturated carbocycles. The Kier molecular flexibility index (Phi) is 5.44. The minimum absolute atomic E-state index is 0.0906. The van der Waals surface area contributed by atoms with Gasteiger partial charge in [0.25, 0.3) is 0 Å². The molecule has 29 heavy (non-hydrogen) atoms. The number of aromatic nitrogens is 3. The van der Waals surface area contributed by atoms with Crippen LogP contribution in [0.5, 0.6) is 0 Å². The maximum atomic E-state index is 9.91. The van der Waals surface area contributed by atoms with Crippen molar-refractivity contribution >= 4 is 33.3 Å². The van der Waals surface area contributed by atoms with Crippen molar-refractivity contribution in [1.29, 1.82) is 0 Å². The number of rotatable bonds is 5. The van der Waals surface area contributed by atoms with Gasteiger partial charge in [0.15, 0.2) is 0 Å². The number of nitrogens with zero attached hydrogens (tertiary/aromatic N) is 4. The van der Waals surface area contributed by atoms with Crippen LogP contribution in [0.3, 0.4) is 0 Å². The summed E-state index contributed by atoms with van der Waals surface area (Å²) in [6.07, 6.45) is 2.03. The summed E-state index contributed by atoms with van der Waals surface area (Å²) >= 11 is 1.67. The van der Waals surface area contributed by atoms with Crippen LogP contribution in [0, 0.1) is 12.3 Å². The summed E-state index contributed by atoms with van der Waals surface area (Å²) in [7, 11) is 0. The van der Waals surface area contributed by atoms with Crippen LogP contribution in [0.25, 0.3) is 20.8 Å². The average molecular weight is 412 g/mol. The number of aliphatic hydroxyl groups excluding tert-OH is 1. The summed E-state index contributed by atoms with van der Waals surface area (Å²) in [5.41, 5.74) is 3.01. The smallest absolute Gasteiger partial charge is 0.224 e. The van der Waals surface area contributed by atoms with Crippen LogP contribution < -0.4 is 10.2 Å². The molecule has 1 aliphatic rings. The molecule has 1 atom stereocenters. The van der Waals surface area contributed by atoms with Gasteiger partial charge in [-0.1, -0.05) is 32.9 Å². The van der Waals surface area contributed by atoms with Crippen LogP contribution in [0.4, 0.5) is 11.8 Å². The van der Waals surface area contributed by atoms with Crippen molar-refractivity contribution < 1.29 is 5.11 Å². The fourth-order valence-corrected chi connectivity index (χ4v) is 4.78. The quantitative estimate of drug-likeness (QED) is 0.645. The Labute approximate surface area is 176 Å². The molecule has 1 fully saturated rings. The molecule has 0 radical (unpaired) electrons. The third kappa shape index (κ3) is 4.21. The van der Waals surface area contributed by atoms with E-state index in [2.05, 4.69) is 37.1 Å². The van der Waals surface area contributed by atoms with Gasteiger partial charge in [-0.3, -0.25) is 0 Å². The number of para-hydroxylation sites is 1. The Bertz CT molecular complexity index is 977. The number of aryl methyl sites for hydroxylation is 1. The zero-order valence-corrected chi connectivity index (χ0v) is 18.4. The molecule has 1 aliphatic heterocycles. The lowest BCUT2D eigenvalue weighted by molar-refractivity contribution is 0.266. The van der Waals surface area contributed by atoms with Gasteiger partial charge in [-0.2, -0.15) is 4.98 Å². The Morgan fingerprint density at radius 1 is 1.21 bits per heavy atom. The monoisotopic (exact) mass is 411 g/mol. The number of thiazole rings is 1. The Balaban J connectivity index is 1.82. The van der Waals surface area contributed by atoms with Crippen molar-refractivity contribution in [1.82, 2.24) is 15.0 Å². The molecular weight excluding hydrogens is 382 g/mol. The highest BCUT2D eigenvalue weighted by Crippen LogP contribution is 2.39. The maximum absolute atomic E-state index is 9.91. The van der Waals surface area contributed by atoms with Crippen LogP contribution in [0.1, 0.15) is 39.3 Å². The minimum atomic E-state index is 0.0906. The highest BCUT2D eigenvalue weighted by molar-refractivity contribution is 7.21. The van der Waals surface area contributed by atoms with Gasteiger partial charge in [0.1, 0.15) is 10.8 Å². The van der Waals surface area contributed by atoms with E-state index in [0.29, 0.717) is 5.95 Å². The molecule has 4 rings (SSSR count). The molecule has 0 spiro atoms. The first-order valence-electron chi connectivity index (χ1n) is 10.2. The summed E-state index contributed by atoms with van der Waals surface area (Å²) in [6.45, 7) is 10.4. The molecule has 2 N–H and O–H groups in total. The fraction of sp³-hybridized carbons (Fsp3) is 0.500. The minimum Gasteiger partial charge on any atom is -0.394 e. The molecule has 0 aliphatic carbocycles. The summed E-state index contributed by atoms with van der Waals surface area (Å²) in [4.78, 5) is 16.8. The number of benzene rings is 1. The van der Waals surface area contributed by atoms with Gasteiger partial charge in [-0.05, 0) is 37.3 Å². The van der Waals surface area contributed by atoms with E-state index in [4.69, 9.17) is 15.0 Å². The van der Waals surface area contributed by atoms with Gasteiger partial charge in [-0.15, -0.1) is 11.3 Å². The second-order valence-electron chi connectivity index (χ2n) is 8.90. The van der Waals surface area contributed by atoms with Crippen molar-refractivity contribution in [2.75, 3.05) is 29.9 Å². The molecule has 0 unspecified atom stereocenters. The Hall–Kier alpha value is -2.25. The average Bonchev–Trinajstić information content (AvgIpc) is 3.31. The first-order valence-corrected chi connectivity index (χ1v) is 11.0. The zero-order valence-electron chi connectivity index (χ0n) is 17.6. The largest absolute Gasteiger partial charge is 0.394 e. The number of aliphatic hydroxyl groups is 1. The van der Waals surface area contributed by atoms with E-state index in [1.807, 2.05) is 25.1 Å². The lowest BCUT2D eigenvalue weighted by Crippen LogP contribution is -2.33. The SMILES string of the molecule is Cc1nc(NCC(C)(C)C)nc(N2CCC[C@H]2CO)c1-c1nc2ccccc2s1. The number of hydrogen-bond donors (Lipinski definition) is 2. The highest BCUT2D eigenvalue weighted by atomic mass is 32.1. The second-order valence-corrected chi connectivity index (χ2v) is 9.93. The third-order valence-electron chi connectivity index (χ3n) is 5.22. The van der Waals surface area contributed by atoms with Gasteiger partial charge in [0.05, 0.1) is 34.1 Å². The van der Waals surface area contributed by atoms with Gasteiger partial charge in [0, 0.05) is 13.1 Å². The van der Waals surface area contributed by atoms with E-state index >= 15 is 0 Å². The molecule has 3 aromatic rings. The van der Waals surface area contributed by atoms with Gasteiger partial charge < -0.3 is 15.3 Å². The van der Waals surface area contributed by atoms with Gasteiger partial charge in [0.2, 0.25) is 5.95 Å². The molecule has 7 heteroatoms. The van der Waals surface area contributed by atoms with Crippen molar-refractivity contribution in [2.45, 2.75) is 46.6 Å². The molecule has 1 aromatic carbocycles. The third-order valence-corrected chi connectivity index (χ3v) is 6.27. The van der Waals surface area contributed by atoms with Crippen molar-refractivity contribution in [3.8, 4) is 10.6 Å². The topological polar surface area (TPSA) is 74.2 Å². The van der Waals surface area contributed by atoms with Crippen molar-refractivity contribution in [3.05, 3.63) is 30.0 Å². The van der Waals surface area contributed by atoms with E-state index in [-0.39, 0.29) is 18.1 Å². The fourth-order valence-electron chi connectivity index (χ4n) is 3.72. The lowest BCUT2D eigenvalue weighted by atomic mass is 9.97. The Morgan fingerprint density at radius 2 is 2.00 bits per heavy atom. The predicted octanol–water partition coefficient (Wildman–Crippen LogP) is 4.48. The summed E-state index contributed by atoms with van der Waals surface area (Å²) in [5, 5.41) is 14.2. The number of fused-ring (bicyclic) bond motifs is 1. The molecule has 0 bridgehead atoms. The molecular formula is C22H29N5OS. The van der Waals surface area contributed by atoms with Crippen LogP contribution >= 0.6 is 11.3 Å². The first kappa shape index (κ1) is 20.0. The molecule has 1 saturated heterocycles. The van der Waals surface area contributed by atoms with E-state index in [1.54, 1.807) is 11.3 Å². The normalized spacial score (nSPS) is 17.3. The highest BCUT2D eigenvalue weighted by Gasteiger charge is 2.30. The predicted molar refractivity (Wildman–Crippen MR) is 121 cm³/mol. The van der Waals surface area contributed by atoms with Gasteiger partial charge >= 0.3 is 0 Å². The lowest BCUT2D eigenvalue weighted by Gasteiger charge is -2.27. The number of hydrogen-bond acceptors (Lipinski definition) is 7. The molecule has 3 heterocycles. The second kappa shape index (κ2) is 7.88. The van der Waals surface area contributed by atoms with Crippen LogP contribution in [0.2, 0.25) is 0 Å². The standard InChI is InChI=1S/C22H29N5OS/c1-14-18(20-25-16-9-5-6-10-17(16)29-20)19(27-11-7-8-15(27)12-28)26-21(24-14)23-13-22(2,3)4/h5-6,9-10,15,28H,7-8,11-13H2,1-4H3,(H,23,24,26)/t15-/m0/s1. The number of nitrogens with one attached hydrogen (secondary N) is 1. The van der Waals surface area contributed by atoms with E-state index in [1.165, 1.54) is 0 Å².